The number of hydrogen-bond donors (Lipinski definition) is 1. The van der Waals surface area contributed by atoms with Crippen molar-refractivity contribution in [1.29, 1.82) is 0 Å². The second-order valence-corrected chi connectivity index (χ2v) is 6.86. The first kappa shape index (κ1) is 17.2. The Bertz CT molecular complexity index is 1040. The van der Waals surface area contributed by atoms with Crippen LogP contribution in [0.3, 0.4) is 0 Å². The van der Waals surface area contributed by atoms with Crippen molar-refractivity contribution in [3.63, 3.8) is 0 Å². The molecule has 0 fully saturated rings. The minimum atomic E-state index is 0.512. The van der Waals surface area contributed by atoms with Gasteiger partial charge in [-0.1, -0.05) is 83.2 Å². The lowest BCUT2D eigenvalue weighted by molar-refractivity contribution is 0.391. The number of aromatic nitrogens is 5. The van der Waals surface area contributed by atoms with Crippen LogP contribution >= 0.6 is 11.8 Å². The van der Waals surface area contributed by atoms with E-state index in [9.17, 15) is 0 Å². The Morgan fingerprint density at radius 1 is 1.00 bits per heavy atom. The Morgan fingerprint density at radius 2 is 1.81 bits per heavy atom. The molecule has 27 heavy (non-hydrogen) atoms. The van der Waals surface area contributed by atoms with E-state index in [0.29, 0.717) is 28.4 Å². The van der Waals surface area contributed by atoms with E-state index in [1.165, 1.54) is 17.3 Å². The summed E-state index contributed by atoms with van der Waals surface area (Å²) in [5, 5.41) is 11.8. The van der Waals surface area contributed by atoms with Crippen LogP contribution in [-0.4, -0.2) is 25.3 Å². The predicted molar refractivity (Wildman–Crippen MR) is 106 cm³/mol. The zero-order chi connectivity index (χ0) is 18.5. The molecule has 7 heteroatoms. The van der Waals surface area contributed by atoms with Gasteiger partial charge in [-0.3, -0.25) is 5.10 Å². The largest absolute Gasteiger partial charge is 0.338 e. The molecule has 2 aromatic heterocycles. The van der Waals surface area contributed by atoms with E-state index in [-0.39, 0.29) is 0 Å². The summed E-state index contributed by atoms with van der Waals surface area (Å²) in [4.78, 5) is 8.86. The van der Waals surface area contributed by atoms with Gasteiger partial charge in [-0.2, -0.15) is 4.98 Å². The van der Waals surface area contributed by atoms with E-state index in [4.69, 9.17) is 4.52 Å². The van der Waals surface area contributed by atoms with E-state index < -0.39 is 0 Å². The Kier molecular flexibility index (Phi) is 5.11. The molecule has 0 bridgehead atoms. The van der Waals surface area contributed by atoms with Crippen LogP contribution in [0.4, 0.5) is 0 Å². The molecule has 0 unspecified atom stereocenters. The maximum atomic E-state index is 5.32. The lowest BCUT2D eigenvalue weighted by Crippen LogP contribution is -1.84. The summed E-state index contributed by atoms with van der Waals surface area (Å²) < 4.78 is 5.32. The zero-order valence-corrected chi connectivity index (χ0v) is 15.5. The summed E-state index contributed by atoms with van der Waals surface area (Å²) in [6.45, 7) is 2.04. The average Bonchev–Trinajstić information content (AvgIpc) is 3.36. The van der Waals surface area contributed by atoms with Crippen molar-refractivity contribution >= 4 is 23.9 Å². The molecule has 1 N–H and O–H groups in total. The first-order valence-electron chi connectivity index (χ1n) is 8.44. The van der Waals surface area contributed by atoms with Gasteiger partial charge >= 0.3 is 0 Å². The molecule has 0 atom stereocenters. The van der Waals surface area contributed by atoms with E-state index in [1.807, 2.05) is 73.7 Å². The summed E-state index contributed by atoms with van der Waals surface area (Å²) in [7, 11) is 0. The molecule has 2 heterocycles. The van der Waals surface area contributed by atoms with E-state index >= 15 is 0 Å². The number of nitrogens with zero attached hydrogens (tertiary/aromatic N) is 4. The van der Waals surface area contributed by atoms with E-state index in [0.717, 1.165) is 11.1 Å². The standard InChI is InChI=1S/C20H17N5OS/c1-14-7-10-16(11-8-14)19-22-18(26-25-19)13-27-20-21-17(23-24-20)12-9-15-5-3-2-4-6-15/h2-12H,13H2,1H3,(H,21,23,24)/b12-9+. The molecule has 4 rings (SSSR count). The number of hydrogen-bond acceptors (Lipinski definition) is 6. The highest BCUT2D eigenvalue weighted by Gasteiger charge is 2.10. The van der Waals surface area contributed by atoms with Crippen LogP contribution in [-0.2, 0) is 5.75 Å². The Labute approximate surface area is 160 Å². The second-order valence-electron chi connectivity index (χ2n) is 5.91. The average molecular weight is 375 g/mol. The summed E-state index contributed by atoms with van der Waals surface area (Å²) in [5.74, 6) is 2.35. The summed E-state index contributed by atoms with van der Waals surface area (Å²) >= 11 is 1.44. The molecular weight excluding hydrogens is 358 g/mol. The smallest absolute Gasteiger partial charge is 0.237 e. The highest BCUT2D eigenvalue weighted by atomic mass is 32.2. The van der Waals surface area contributed by atoms with Gasteiger partial charge in [0.25, 0.3) is 0 Å². The topological polar surface area (TPSA) is 80.5 Å². The van der Waals surface area contributed by atoms with Gasteiger partial charge in [0.2, 0.25) is 16.9 Å². The quantitative estimate of drug-likeness (QED) is 0.495. The van der Waals surface area contributed by atoms with Crippen LogP contribution in [0.15, 0.2) is 64.3 Å². The number of rotatable bonds is 6. The number of aryl methyl sites for hydroxylation is 1. The van der Waals surface area contributed by atoms with Gasteiger partial charge in [-0.25, -0.2) is 4.98 Å². The van der Waals surface area contributed by atoms with Crippen LogP contribution in [0.5, 0.6) is 0 Å². The highest BCUT2D eigenvalue weighted by molar-refractivity contribution is 7.98. The molecule has 2 aromatic carbocycles. The van der Waals surface area contributed by atoms with Crippen molar-refractivity contribution in [2.24, 2.45) is 0 Å². The van der Waals surface area contributed by atoms with Crippen molar-refractivity contribution in [2.45, 2.75) is 17.8 Å². The van der Waals surface area contributed by atoms with Gasteiger partial charge < -0.3 is 4.52 Å². The Morgan fingerprint density at radius 3 is 2.63 bits per heavy atom. The molecule has 0 spiro atoms. The number of nitrogens with one attached hydrogen (secondary N) is 1. The summed E-state index contributed by atoms with van der Waals surface area (Å²) in [6.07, 6.45) is 3.88. The number of benzene rings is 2. The lowest BCUT2D eigenvalue weighted by atomic mass is 10.1. The fraction of sp³-hybridized carbons (Fsp3) is 0.100. The Balaban J connectivity index is 1.36. The van der Waals surface area contributed by atoms with Crippen molar-refractivity contribution in [3.05, 3.63) is 77.4 Å². The van der Waals surface area contributed by atoms with Crippen molar-refractivity contribution < 1.29 is 4.52 Å². The van der Waals surface area contributed by atoms with Crippen LogP contribution in [0, 0.1) is 6.92 Å². The van der Waals surface area contributed by atoms with Crippen molar-refractivity contribution in [1.82, 2.24) is 25.3 Å². The minimum absolute atomic E-state index is 0.512. The van der Waals surface area contributed by atoms with Crippen LogP contribution in [0.1, 0.15) is 22.8 Å². The van der Waals surface area contributed by atoms with E-state index in [2.05, 4.69) is 25.3 Å². The highest BCUT2D eigenvalue weighted by Crippen LogP contribution is 2.21. The van der Waals surface area contributed by atoms with E-state index in [1.54, 1.807) is 0 Å². The van der Waals surface area contributed by atoms with Crippen LogP contribution < -0.4 is 0 Å². The molecule has 0 radical (unpaired) electrons. The number of thioether (sulfide) groups is 1. The molecular formula is C20H17N5OS. The summed E-state index contributed by atoms with van der Waals surface area (Å²) in [5.41, 5.74) is 3.24. The second kappa shape index (κ2) is 8.01. The molecule has 0 saturated heterocycles. The summed E-state index contributed by atoms with van der Waals surface area (Å²) in [6, 6.07) is 18.1. The van der Waals surface area contributed by atoms with Gasteiger partial charge in [0.05, 0.1) is 5.75 Å². The third-order valence-corrected chi connectivity index (χ3v) is 4.65. The van der Waals surface area contributed by atoms with Crippen LogP contribution in [0.2, 0.25) is 0 Å². The molecule has 134 valence electrons. The first-order valence-corrected chi connectivity index (χ1v) is 9.43. The van der Waals surface area contributed by atoms with Gasteiger partial charge in [-0.05, 0) is 18.6 Å². The van der Waals surface area contributed by atoms with Gasteiger partial charge in [0, 0.05) is 5.56 Å². The fourth-order valence-corrected chi connectivity index (χ4v) is 3.04. The maximum absolute atomic E-state index is 5.32. The third kappa shape index (κ3) is 4.51. The normalized spacial score (nSPS) is 11.3. The predicted octanol–water partition coefficient (Wildman–Crippen LogP) is 4.63. The third-order valence-electron chi connectivity index (χ3n) is 3.82. The fourth-order valence-electron chi connectivity index (χ4n) is 2.40. The molecule has 0 amide bonds. The van der Waals surface area contributed by atoms with Gasteiger partial charge in [0.15, 0.2) is 0 Å². The van der Waals surface area contributed by atoms with Gasteiger partial charge in [-0.15, -0.1) is 5.10 Å². The zero-order valence-electron chi connectivity index (χ0n) is 14.7. The van der Waals surface area contributed by atoms with Crippen molar-refractivity contribution in [2.75, 3.05) is 0 Å². The SMILES string of the molecule is Cc1ccc(-c2noc(CSc3n[nH]c(/C=C/c4ccccc4)n3)n2)cc1. The first-order chi connectivity index (χ1) is 13.3. The number of aromatic amines is 1. The molecule has 4 aromatic rings. The maximum Gasteiger partial charge on any atom is 0.237 e. The monoisotopic (exact) mass is 375 g/mol. The van der Waals surface area contributed by atoms with Gasteiger partial charge in [0.1, 0.15) is 5.82 Å². The molecule has 0 aliphatic rings. The molecule has 6 nitrogen and oxygen atoms in total. The molecule has 0 saturated carbocycles. The lowest BCUT2D eigenvalue weighted by Gasteiger charge is -1.94. The molecule has 0 aliphatic heterocycles. The van der Waals surface area contributed by atoms with Crippen molar-refractivity contribution in [3.8, 4) is 11.4 Å². The Hall–Kier alpha value is -3.19. The minimum Gasteiger partial charge on any atom is -0.338 e. The molecule has 0 aliphatic carbocycles. The number of H-pyrrole nitrogens is 1. The van der Waals surface area contributed by atoms with Crippen LogP contribution in [0.25, 0.3) is 23.5 Å².